The Morgan fingerprint density at radius 2 is 1.67 bits per heavy atom. The summed E-state index contributed by atoms with van der Waals surface area (Å²) in [5.41, 5.74) is 3.10. The second-order valence-corrected chi connectivity index (χ2v) is 10.3. The maximum Gasteiger partial charge on any atom is 0.267 e. The first-order valence-electron chi connectivity index (χ1n) is 11.2. The van der Waals surface area contributed by atoms with Gasteiger partial charge < -0.3 is 5.32 Å². The molecule has 0 saturated carbocycles. The number of anilines is 2. The maximum absolute atomic E-state index is 13.6. The van der Waals surface area contributed by atoms with E-state index < -0.39 is 5.91 Å². The van der Waals surface area contributed by atoms with Crippen molar-refractivity contribution in [3.05, 3.63) is 99.9 Å². The minimum absolute atomic E-state index is 0.208. The van der Waals surface area contributed by atoms with Crippen LogP contribution in [0.1, 0.15) is 11.1 Å². The summed E-state index contributed by atoms with van der Waals surface area (Å²) < 4.78 is 0.417. The van der Waals surface area contributed by atoms with Crippen LogP contribution < -0.4 is 10.2 Å². The Kier molecular flexibility index (Phi) is 6.91. The number of nitrogens with zero attached hydrogens (tertiary/aromatic N) is 2. The Hall–Kier alpha value is -3.46. The van der Waals surface area contributed by atoms with Crippen LogP contribution in [0, 0.1) is 0 Å². The number of hydrogen-bond acceptors (Lipinski definition) is 5. The van der Waals surface area contributed by atoms with E-state index in [1.807, 2.05) is 30.3 Å². The lowest BCUT2D eigenvalue weighted by molar-refractivity contribution is -0.122. The highest BCUT2D eigenvalue weighted by Crippen LogP contribution is 2.44. The largest absolute Gasteiger partial charge is 0.324 e. The summed E-state index contributed by atoms with van der Waals surface area (Å²) in [5.74, 6) is -1.07. The highest BCUT2D eigenvalue weighted by Gasteiger charge is 2.42. The first-order chi connectivity index (χ1) is 17.4. The van der Waals surface area contributed by atoms with Gasteiger partial charge in [0.05, 0.1) is 16.2 Å². The van der Waals surface area contributed by atoms with Crippen molar-refractivity contribution in [2.75, 3.05) is 23.3 Å². The molecule has 0 aliphatic carbocycles. The van der Waals surface area contributed by atoms with Crippen molar-refractivity contribution in [1.82, 2.24) is 4.90 Å². The van der Waals surface area contributed by atoms with E-state index in [-0.39, 0.29) is 23.9 Å². The van der Waals surface area contributed by atoms with Crippen LogP contribution in [0.5, 0.6) is 0 Å². The van der Waals surface area contributed by atoms with Gasteiger partial charge >= 0.3 is 0 Å². The van der Waals surface area contributed by atoms with Gasteiger partial charge in [0.25, 0.3) is 11.8 Å². The zero-order chi connectivity index (χ0) is 25.2. The van der Waals surface area contributed by atoms with Crippen molar-refractivity contribution in [2.24, 2.45) is 0 Å². The number of fused-ring (bicyclic) bond motifs is 1. The Morgan fingerprint density at radius 3 is 2.44 bits per heavy atom. The van der Waals surface area contributed by atoms with Gasteiger partial charge in [-0.15, -0.1) is 0 Å². The third kappa shape index (κ3) is 4.80. The predicted molar refractivity (Wildman–Crippen MR) is 148 cm³/mol. The van der Waals surface area contributed by atoms with Gasteiger partial charge in [-0.1, -0.05) is 90.2 Å². The molecule has 0 spiro atoms. The summed E-state index contributed by atoms with van der Waals surface area (Å²) in [6, 6.07) is 23.8. The number of para-hydroxylation sites is 1. The number of rotatable bonds is 6. The minimum atomic E-state index is -0.402. The van der Waals surface area contributed by atoms with Gasteiger partial charge in [-0.05, 0) is 36.2 Å². The topological polar surface area (TPSA) is 69.7 Å². The second kappa shape index (κ2) is 10.3. The van der Waals surface area contributed by atoms with E-state index in [1.165, 1.54) is 4.90 Å². The number of thiocarbonyl (C=S) groups is 1. The molecule has 6 nitrogen and oxygen atoms in total. The fourth-order valence-corrected chi connectivity index (χ4v) is 5.77. The van der Waals surface area contributed by atoms with Gasteiger partial charge in [0.2, 0.25) is 5.91 Å². The lowest BCUT2D eigenvalue weighted by atomic mass is 10.1. The molecule has 9 heteroatoms. The molecule has 0 radical (unpaired) electrons. The first-order valence-corrected chi connectivity index (χ1v) is 12.8. The quantitative estimate of drug-likeness (QED) is 0.351. The molecule has 36 heavy (non-hydrogen) atoms. The third-order valence-corrected chi connectivity index (χ3v) is 7.56. The standard InChI is InChI=1S/C27H20ClN3O3S2/c28-18-9-6-10-19(15-18)29-22(32)16-31-21-12-5-4-11-20(21)23(25(31)33)24-26(34)30(27(35)36-24)14-13-17-7-2-1-3-8-17/h1-12,15H,13-14,16H2,(H,29,32). The average Bonchev–Trinajstić information content (AvgIpc) is 3.30. The van der Waals surface area contributed by atoms with E-state index >= 15 is 0 Å². The van der Waals surface area contributed by atoms with Crippen molar-refractivity contribution in [3.8, 4) is 0 Å². The fourth-order valence-electron chi connectivity index (χ4n) is 4.19. The Morgan fingerprint density at radius 1 is 0.917 bits per heavy atom. The van der Waals surface area contributed by atoms with Crippen LogP contribution >= 0.6 is 35.6 Å². The third-order valence-electron chi connectivity index (χ3n) is 5.88. The lowest BCUT2D eigenvalue weighted by Gasteiger charge is -2.17. The van der Waals surface area contributed by atoms with Crippen LogP contribution in [0.15, 0.2) is 83.8 Å². The molecule has 2 aliphatic heterocycles. The zero-order valence-electron chi connectivity index (χ0n) is 18.9. The molecule has 3 aromatic carbocycles. The Balaban J connectivity index is 1.39. The highest BCUT2D eigenvalue weighted by atomic mass is 35.5. The minimum Gasteiger partial charge on any atom is -0.324 e. The second-order valence-electron chi connectivity index (χ2n) is 8.23. The Labute approximate surface area is 222 Å². The van der Waals surface area contributed by atoms with Gasteiger partial charge in [0.1, 0.15) is 10.9 Å². The molecule has 2 heterocycles. The summed E-state index contributed by atoms with van der Waals surface area (Å²) in [5, 5.41) is 3.26. The summed E-state index contributed by atoms with van der Waals surface area (Å²) in [6.45, 7) is 0.215. The van der Waals surface area contributed by atoms with Crippen LogP contribution in [0.2, 0.25) is 5.02 Å². The molecule has 1 N–H and O–H groups in total. The smallest absolute Gasteiger partial charge is 0.267 e. The van der Waals surface area contributed by atoms with Crippen LogP contribution in [0.3, 0.4) is 0 Å². The summed E-state index contributed by atoms with van der Waals surface area (Å²) in [4.78, 5) is 43.0. The molecule has 0 unspecified atom stereocenters. The molecule has 0 atom stereocenters. The number of benzene rings is 3. The molecule has 3 aromatic rings. The van der Waals surface area contributed by atoms with E-state index in [0.717, 1.165) is 17.3 Å². The van der Waals surface area contributed by atoms with E-state index in [2.05, 4.69) is 5.32 Å². The molecule has 3 amide bonds. The van der Waals surface area contributed by atoms with E-state index in [0.29, 0.717) is 44.2 Å². The van der Waals surface area contributed by atoms with Crippen molar-refractivity contribution < 1.29 is 14.4 Å². The van der Waals surface area contributed by atoms with E-state index in [1.54, 1.807) is 53.4 Å². The van der Waals surface area contributed by atoms with Crippen molar-refractivity contribution in [1.29, 1.82) is 0 Å². The number of nitrogens with one attached hydrogen (secondary N) is 1. The van der Waals surface area contributed by atoms with Crippen molar-refractivity contribution in [3.63, 3.8) is 0 Å². The number of thioether (sulfide) groups is 1. The molecular weight excluding hydrogens is 514 g/mol. The molecule has 0 aromatic heterocycles. The molecule has 2 aliphatic rings. The van der Waals surface area contributed by atoms with Crippen LogP contribution in [-0.2, 0) is 20.8 Å². The van der Waals surface area contributed by atoms with Gasteiger partial charge in [-0.25, -0.2) is 0 Å². The van der Waals surface area contributed by atoms with Crippen molar-refractivity contribution >= 4 is 74.6 Å². The number of amides is 3. The number of carbonyl (C=O) groups is 3. The zero-order valence-corrected chi connectivity index (χ0v) is 21.3. The normalized spacial score (nSPS) is 17.1. The maximum atomic E-state index is 13.6. The van der Waals surface area contributed by atoms with E-state index in [4.69, 9.17) is 23.8 Å². The highest BCUT2D eigenvalue weighted by molar-refractivity contribution is 8.26. The lowest BCUT2D eigenvalue weighted by Crippen LogP contribution is -2.35. The van der Waals surface area contributed by atoms with Crippen molar-refractivity contribution in [2.45, 2.75) is 6.42 Å². The number of halogens is 1. The van der Waals surface area contributed by atoms with Gasteiger partial charge in [0.15, 0.2) is 0 Å². The number of hydrogen-bond donors (Lipinski definition) is 1. The van der Waals surface area contributed by atoms with E-state index in [9.17, 15) is 14.4 Å². The van der Waals surface area contributed by atoms with Crippen LogP contribution in [0.4, 0.5) is 11.4 Å². The molecule has 180 valence electrons. The molecule has 0 bridgehead atoms. The first kappa shape index (κ1) is 24.2. The van der Waals surface area contributed by atoms with Gasteiger partial charge in [-0.2, -0.15) is 0 Å². The summed E-state index contributed by atoms with van der Waals surface area (Å²) >= 11 is 12.6. The molecule has 1 saturated heterocycles. The van der Waals surface area contributed by atoms with Crippen LogP contribution in [-0.4, -0.2) is 40.0 Å². The van der Waals surface area contributed by atoms with Crippen LogP contribution in [0.25, 0.3) is 5.57 Å². The molecule has 1 fully saturated rings. The fraction of sp³-hybridized carbons (Fsp3) is 0.111. The number of carbonyl (C=O) groups excluding carboxylic acids is 3. The Bertz CT molecular complexity index is 1420. The molecule has 5 rings (SSSR count). The van der Waals surface area contributed by atoms with Gasteiger partial charge in [-0.3, -0.25) is 24.2 Å². The predicted octanol–water partition coefficient (Wildman–Crippen LogP) is 5.14. The summed E-state index contributed by atoms with van der Waals surface area (Å²) in [7, 11) is 0. The SMILES string of the molecule is O=C(CN1C(=O)C(=C2SC(=S)N(CCc3ccccc3)C2=O)c2ccccc21)Nc1cccc(Cl)c1. The molecular formula is C27H20ClN3O3S2. The summed E-state index contributed by atoms with van der Waals surface area (Å²) in [6.07, 6.45) is 0.649. The average molecular weight is 534 g/mol. The van der Waals surface area contributed by atoms with Gasteiger partial charge in [0, 0.05) is 22.8 Å². The monoisotopic (exact) mass is 533 g/mol.